The van der Waals surface area contributed by atoms with Crippen molar-refractivity contribution < 1.29 is 14.5 Å². The Morgan fingerprint density at radius 2 is 1.87 bits per heavy atom. The predicted octanol–water partition coefficient (Wildman–Crippen LogP) is 2.54. The molecule has 0 heterocycles. The van der Waals surface area contributed by atoms with Gasteiger partial charge in [-0.25, -0.2) is 0 Å². The van der Waals surface area contributed by atoms with Crippen molar-refractivity contribution in [3.8, 4) is 0 Å². The minimum atomic E-state index is -0.781. The number of rotatable bonds is 5. The average molecular weight is 317 g/mol. The largest absolute Gasteiger partial charge is 0.348 e. The Morgan fingerprint density at radius 1 is 1.13 bits per heavy atom. The van der Waals surface area contributed by atoms with Crippen molar-refractivity contribution in [2.24, 2.45) is 0 Å². The normalized spacial score (nSPS) is 13.8. The smallest absolute Gasteiger partial charge is 0.313 e. The lowest BCUT2D eigenvalue weighted by atomic mass is 9.97. The van der Waals surface area contributed by atoms with Crippen LogP contribution in [0.25, 0.3) is 0 Å². The van der Waals surface area contributed by atoms with E-state index in [1.807, 2.05) is 0 Å². The lowest BCUT2D eigenvalue weighted by molar-refractivity contribution is -0.384. The van der Waals surface area contributed by atoms with Crippen molar-refractivity contribution in [2.45, 2.75) is 32.1 Å². The summed E-state index contributed by atoms with van der Waals surface area (Å²) < 4.78 is 0. The predicted molar refractivity (Wildman–Crippen MR) is 85.9 cm³/mol. The molecule has 2 rings (SSSR count). The number of nitro benzene ring substituents is 1. The van der Waals surface area contributed by atoms with Gasteiger partial charge in [-0.3, -0.25) is 19.7 Å². The molecule has 0 atom stereocenters. The van der Waals surface area contributed by atoms with Crippen LogP contribution in [0.3, 0.4) is 0 Å². The van der Waals surface area contributed by atoms with Gasteiger partial charge in [-0.05, 0) is 44.2 Å². The Labute approximate surface area is 133 Å². The van der Waals surface area contributed by atoms with Crippen LogP contribution in [-0.2, 0) is 9.59 Å². The second kappa shape index (κ2) is 8.07. The number of carbonyl (C=O) groups is 2. The van der Waals surface area contributed by atoms with Crippen LogP contribution in [0, 0.1) is 10.1 Å². The second-order valence-electron chi connectivity index (χ2n) is 5.37. The van der Waals surface area contributed by atoms with Crippen molar-refractivity contribution in [3.63, 3.8) is 0 Å². The zero-order chi connectivity index (χ0) is 16.7. The molecule has 0 spiro atoms. The Kier molecular flexibility index (Phi) is 5.85. The summed E-state index contributed by atoms with van der Waals surface area (Å²) >= 11 is 0. The van der Waals surface area contributed by atoms with E-state index in [0.717, 1.165) is 19.3 Å². The summed E-state index contributed by atoms with van der Waals surface area (Å²) in [4.78, 5) is 33.5. The summed E-state index contributed by atoms with van der Waals surface area (Å²) in [6.45, 7) is 0.429. The molecular weight excluding hydrogens is 298 g/mol. The van der Waals surface area contributed by atoms with Gasteiger partial charge in [0, 0.05) is 24.4 Å². The lowest BCUT2D eigenvalue weighted by Gasteiger charge is -2.12. The molecule has 2 amide bonds. The third-order valence-electron chi connectivity index (χ3n) is 3.66. The summed E-state index contributed by atoms with van der Waals surface area (Å²) in [6, 6.07) is 5.30. The van der Waals surface area contributed by atoms with Gasteiger partial charge in [-0.2, -0.15) is 0 Å². The van der Waals surface area contributed by atoms with Gasteiger partial charge in [0.2, 0.25) is 0 Å². The maximum absolute atomic E-state index is 11.7. The molecule has 1 aromatic rings. The van der Waals surface area contributed by atoms with Crippen LogP contribution in [0.2, 0.25) is 0 Å². The van der Waals surface area contributed by atoms with Crippen LogP contribution in [-0.4, -0.2) is 23.3 Å². The van der Waals surface area contributed by atoms with E-state index in [1.54, 1.807) is 0 Å². The summed E-state index contributed by atoms with van der Waals surface area (Å²) in [6.07, 6.45) is 7.51. The fourth-order valence-electron chi connectivity index (χ4n) is 2.40. The average Bonchev–Trinajstić information content (AvgIpc) is 2.56. The van der Waals surface area contributed by atoms with Gasteiger partial charge < -0.3 is 10.6 Å². The van der Waals surface area contributed by atoms with Crippen molar-refractivity contribution >= 4 is 23.2 Å². The summed E-state index contributed by atoms with van der Waals surface area (Å²) in [7, 11) is 0. The lowest BCUT2D eigenvalue weighted by Crippen LogP contribution is -2.36. The molecule has 1 aliphatic carbocycles. The van der Waals surface area contributed by atoms with Crippen LogP contribution in [0.4, 0.5) is 11.4 Å². The topological polar surface area (TPSA) is 101 Å². The number of non-ortho nitro benzene ring substituents is 1. The standard InChI is InChI=1S/C16H19N3O4/c20-15(17-11-10-12-4-2-1-3-5-12)16(21)18-13-6-8-14(9-7-13)19(22)23/h4,6-9H,1-3,5,10-11H2,(H,17,20)(H,18,21). The zero-order valence-electron chi connectivity index (χ0n) is 12.7. The number of carbonyl (C=O) groups excluding carboxylic acids is 2. The highest BCUT2D eigenvalue weighted by molar-refractivity contribution is 6.39. The first-order valence-electron chi connectivity index (χ1n) is 7.58. The second-order valence-corrected chi connectivity index (χ2v) is 5.37. The van der Waals surface area contributed by atoms with E-state index >= 15 is 0 Å². The van der Waals surface area contributed by atoms with Crippen LogP contribution in [0.5, 0.6) is 0 Å². The summed E-state index contributed by atoms with van der Waals surface area (Å²) in [5.41, 5.74) is 1.59. The molecule has 122 valence electrons. The number of anilines is 1. The van der Waals surface area contributed by atoms with Crippen molar-refractivity contribution in [2.75, 3.05) is 11.9 Å². The number of allylic oxidation sites excluding steroid dienone is 1. The van der Waals surface area contributed by atoms with E-state index in [1.165, 1.54) is 42.7 Å². The number of amides is 2. The van der Waals surface area contributed by atoms with E-state index in [4.69, 9.17) is 0 Å². The number of nitrogens with one attached hydrogen (secondary N) is 2. The van der Waals surface area contributed by atoms with Crippen molar-refractivity contribution in [3.05, 3.63) is 46.0 Å². The van der Waals surface area contributed by atoms with Crippen molar-refractivity contribution in [1.82, 2.24) is 5.32 Å². The molecule has 1 aromatic carbocycles. The first kappa shape index (κ1) is 16.7. The van der Waals surface area contributed by atoms with E-state index < -0.39 is 16.7 Å². The maximum atomic E-state index is 11.7. The molecule has 0 bridgehead atoms. The quantitative estimate of drug-likeness (QED) is 0.377. The van der Waals surface area contributed by atoms with E-state index in [2.05, 4.69) is 16.7 Å². The molecule has 0 fully saturated rings. The monoisotopic (exact) mass is 317 g/mol. The third kappa shape index (κ3) is 5.21. The van der Waals surface area contributed by atoms with E-state index in [0.29, 0.717) is 12.2 Å². The molecule has 0 aromatic heterocycles. The number of nitrogens with zero attached hydrogens (tertiary/aromatic N) is 1. The molecule has 1 aliphatic rings. The Bertz CT molecular complexity index is 623. The fraction of sp³-hybridized carbons (Fsp3) is 0.375. The molecule has 0 radical (unpaired) electrons. The van der Waals surface area contributed by atoms with Gasteiger partial charge in [0.25, 0.3) is 5.69 Å². The van der Waals surface area contributed by atoms with Crippen LogP contribution in [0.15, 0.2) is 35.9 Å². The Balaban J connectivity index is 1.77. The van der Waals surface area contributed by atoms with Gasteiger partial charge >= 0.3 is 11.8 Å². The van der Waals surface area contributed by atoms with Gasteiger partial charge in [-0.15, -0.1) is 0 Å². The summed E-state index contributed by atoms with van der Waals surface area (Å²) in [5, 5.41) is 15.5. The summed E-state index contributed by atoms with van der Waals surface area (Å²) in [5.74, 6) is -1.49. The van der Waals surface area contributed by atoms with Crippen LogP contribution < -0.4 is 10.6 Å². The Hall–Kier alpha value is -2.70. The number of hydrogen-bond acceptors (Lipinski definition) is 4. The van der Waals surface area contributed by atoms with Crippen molar-refractivity contribution in [1.29, 1.82) is 0 Å². The minimum absolute atomic E-state index is 0.0757. The van der Waals surface area contributed by atoms with Crippen LogP contribution >= 0.6 is 0 Å². The molecule has 7 heteroatoms. The molecule has 0 saturated carbocycles. The van der Waals surface area contributed by atoms with Gasteiger partial charge in [0.15, 0.2) is 0 Å². The first-order valence-corrected chi connectivity index (χ1v) is 7.58. The van der Waals surface area contributed by atoms with Crippen LogP contribution in [0.1, 0.15) is 32.1 Å². The first-order chi connectivity index (χ1) is 11.1. The highest BCUT2D eigenvalue weighted by atomic mass is 16.6. The molecule has 0 aliphatic heterocycles. The molecule has 2 N–H and O–H groups in total. The molecule has 0 unspecified atom stereocenters. The highest BCUT2D eigenvalue weighted by Crippen LogP contribution is 2.19. The fourth-order valence-corrected chi connectivity index (χ4v) is 2.40. The zero-order valence-corrected chi connectivity index (χ0v) is 12.7. The van der Waals surface area contributed by atoms with Gasteiger partial charge in [-0.1, -0.05) is 11.6 Å². The number of nitro groups is 1. The highest BCUT2D eigenvalue weighted by Gasteiger charge is 2.14. The Morgan fingerprint density at radius 3 is 2.48 bits per heavy atom. The van der Waals surface area contributed by atoms with Gasteiger partial charge in [0.1, 0.15) is 0 Å². The maximum Gasteiger partial charge on any atom is 0.313 e. The molecular formula is C16H19N3O4. The molecule has 0 saturated heterocycles. The molecule has 23 heavy (non-hydrogen) atoms. The number of hydrogen-bond donors (Lipinski definition) is 2. The number of benzene rings is 1. The van der Waals surface area contributed by atoms with Gasteiger partial charge in [0.05, 0.1) is 4.92 Å². The van der Waals surface area contributed by atoms with E-state index in [-0.39, 0.29) is 5.69 Å². The van der Waals surface area contributed by atoms with E-state index in [9.17, 15) is 19.7 Å². The third-order valence-corrected chi connectivity index (χ3v) is 3.66. The molecule has 7 nitrogen and oxygen atoms in total. The minimum Gasteiger partial charge on any atom is -0.348 e. The SMILES string of the molecule is O=C(NCCC1=CCCCC1)C(=O)Nc1ccc([N+](=O)[O-])cc1.